The molecule has 0 aliphatic heterocycles. The van der Waals surface area contributed by atoms with Crippen LogP contribution in [0.2, 0.25) is 0 Å². The number of nitrogens with two attached hydrogens (primary N) is 1. The van der Waals surface area contributed by atoms with Gasteiger partial charge in [0, 0.05) is 6.54 Å². The second-order valence-electron chi connectivity index (χ2n) is 3.98. The molecule has 0 spiro atoms. The molecule has 0 aliphatic rings. The second-order valence-corrected chi connectivity index (χ2v) is 6.06. The van der Waals surface area contributed by atoms with E-state index in [0.717, 1.165) is 0 Å². The Morgan fingerprint density at radius 2 is 2.20 bits per heavy atom. The first-order chi connectivity index (χ1) is 6.82. The highest BCUT2D eigenvalue weighted by Gasteiger charge is 2.24. The number of hydrogen-bond donors (Lipinski definition) is 3. The molecule has 0 saturated heterocycles. The molecule has 3 unspecified atom stereocenters. The van der Waals surface area contributed by atoms with Crippen LogP contribution in [0.5, 0.6) is 0 Å². The first-order valence-corrected chi connectivity index (χ1v) is 6.89. The van der Waals surface area contributed by atoms with Crippen molar-refractivity contribution >= 4 is 19.9 Å². The van der Waals surface area contributed by atoms with Crippen LogP contribution in [-0.4, -0.2) is 67.9 Å². The molecule has 0 aromatic rings. The van der Waals surface area contributed by atoms with Gasteiger partial charge in [-0.1, -0.05) is 0 Å². The molecule has 2 amide bonds. The lowest BCUT2D eigenvalue weighted by atomic mass is 10.2. The smallest absolute Gasteiger partial charge is 0.312 e. The lowest BCUT2D eigenvalue weighted by Crippen LogP contribution is -2.50. The van der Waals surface area contributed by atoms with E-state index in [1.54, 1.807) is 0 Å². The van der Waals surface area contributed by atoms with E-state index in [2.05, 4.69) is 11.6 Å². The third-order valence-corrected chi connectivity index (χ3v) is 2.87. The Labute approximate surface area is 92.0 Å². The van der Waals surface area contributed by atoms with Crippen molar-refractivity contribution in [3.63, 3.8) is 0 Å². The summed E-state index contributed by atoms with van der Waals surface area (Å²) in [6, 6.07) is -0.909. The molecular weight excluding hydrogens is 213 g/mol. The molecule has 88 valence electrons. The highest BCUT2D eigenvalue weighted by molar-refractivity contribution is 7.55. The van der Waals surface area contributed by atoms with Gasteiger partial charge in [-0.3, -0.25) is 0 Å². The Morgan fingerprint density at radius 1 is 1.67 bits per heavy atom. The number of nitrogens with zero attached hydrogens (tertiary/aromatic N) is 1. The van der Waals surface area contributed by atoms with Gasteiger partial charge in [0.05, 0.1) is 32.7 Å². The highest BCUT2D eigenvalue weighted by Crippen LogP contribution is 2.16. The fourth-order valence-electron chi connectivity index (χ4n) is 1.28. The fraction of sp³-hybridized carbons (Fsp3) is 0.778. The molecule has 0 saturated carbocycles. The summed E-state index contributed by atoms with van der Waals surface area (Å²) >= 11 is 0. The lowest BCUT2D eigenvalue weighted by molar-refractivity contribution is 0.108. The number of nitrogens with one attached hydrogen (secondary N) is 1. The number of carbonyl (C=O) groups excluding carboxylic acids is 1. The summed E-state index contributed by atoms with van der Waals surface area (Å²) in [7, 11) is 3.30. The van der Waals surface area contributed by atoms with Gasteiger partial charge in [-0.2, -0.15) is 0 Å². The van der Waals surface area contributed by atoms with Crippen molar-refractivity contribution < 1.29 is 9.90 Å². The number of aliphatic hydroxyl groups excluding tert-OH is 1. The molecular formula is C9H21N3O2P+. The van der Waals surface area contributed by atoms with Crippen LogP contribution in [0.4, 0.5) is 4.79 Å². The normalized spacial score (nSPS) is 15.9. The lowest BCUT2D eigenvalue weighted by Gasteiger charge is -2.23. The Kier molecular flexibility index (Phi) is 6.48. The zero-order valence-corrected chi connectivity index (χ0v) is 10.5. The average Bonchev–Trinajstić information content (AvgIpc) is 1.99. The second kappa shape index (κ2) is 6.77. The highest BCUT2D eigenvalue weighted by atomic mass is 31.1. The Hall–Kier alpha value is -0.640. The maximum absolute atomic E-state index is 10.8. The number of urea groups is 1. The fourth-order valence-corrected chi connectivity index (χ4v) is 2.29. The summed E-state index contributed by atoms with van der Waals surface area (Å²) in [5, 5.41) is 12.4. The van der Waals surface area contributed by atoms with Crippen LogP contribution in [0, 0.1) is 0 Å². The summed E-state index contributed by atoms with van der Waals surface area (Å²) in [5.74, 6) is 0. The predicted molar refractivity (Wildman–Crippen MR) is 65.9 cm³/mol. The number of aliphatic hydroxyl groups is 1. The van der Waals surface area contributed by atoms with Crippen molar-refractivity contribution in [2.24, 2.45) is 5.73 Å². The van der Waals surface area contributed by atoms with Gasteiger partial charge in [-0.05, 0) is 14.1 Å². The zero-order chi connectivity index (χ0) is 12.0. The molecule has 0 aromatic carbocycles. The molecule has 0 aliphatic carbocycles. The minimum Gasteiger partial charge on any atom is -0.389 e. The minimum absolute atomic E-state index is 0.307. The Balaban J connectivity index is 4.32. The predicted octanol–water partition coefficient (Wildman–Crippen LogP) is -0.510. The zero-order valence-electron chi connectivity index (χ0n) is 9.60. The molecule has 0 bridgehead atoms. The van der Waals surface area contributed by atoms with Gasteiger partial charge in [-0.25, -0.2) is 4.79 Å². The molecule has 4 N–H and O–H groups in total. The standard InChI is InChI=1S/C9H20N3O2P/c1-12(2)5-8(13)7(6-15(3)4)11-9(10)14/h7-8,13H,3,5-6H2,1-2,4H3,(H2-,10,11,14)/p+1. The molecule has 0 rings (SSSR count). The van der Waals surface area contributed by atoms with Crippen LogP contribution in [0.15, 0.2) is 0 Å². The van der Waals surface area contributed by atoms with Crippen molar-refractivity contribution in [2.75, 3.05) is 33.5 Å². The maximum Gasteiger partial charge on any atom is 0.312 e. The van der Waals surface area contributed by atoms with E-state index in [9.17, 15) is 9.90 Å². The van der Waals surface area contributed by atoms with Gasteiger partial charge >= 0.3 is 6.03 Å². The van der Waals surface area contributed by atoms with Crippen LogP contribution in [0.3, 0.4) is 0 Å². The van der Waals surface area contributed by atoms with Crippen LogP contribution in [0.25, 0.3) is 0 Å². The molecule has 3 atom stereocenters. The van der Waals surface area contributed by atoms with E-state index in [1.807, 2.05) is 25.7 Å². The molecule has 15 heavy (non-hydrogen) atoms. The van der Waals surface area contributed by atoms with E-state index < -0.39 is 19.7 Å². The third-order valence-electron chi connectivity index (χ3n) is 1.85. The van der Waals surface area contributed by atoms with Gasteiger partial charge in [-0.15, -0.1) is 0 Å². The molecule has 5 nitrogen and oxygen atoms in total. The number of primary amides is 1. The SMILES string of the molecule is C=[P+](C)CC(NC(N)=O)C(O)CN(C)C. The molecule has 0 fully saturated rings. The first-order valence-electron chi connectivity index (χ1n) is 4.73. The summed E-state index contributed by atoms with van der Waals surface area (Å²) in [6.45, 7) is 2.49. The Morgan fingerprint density at radius 3 is 2.53 bits per heavy atom. The average molecular weight is 234 g/mol. The largest absolute Gasteiger partial charge is 0.389 e. The van der Waals surface area contributed by atoms with Gasteiger partial charge in [0.25, 0.3) is 0 Å². The summed E-state index contributed by atoms with van der Waals surface area (Å²) < 4.78 is 0. The molecule has 0 heterocycles. The van der Waals surface area contributed by atoms with Crippen LogP contribution in [0.1, 0.15) is 0 Å². The number of rotatable bonds is 6. The van der Waals surface area contributed by atoms with Crippen molar-refractivity contribution in [2.45, 2.75) is 12.1 Å². The van der Waals surface area contributed by atoms with Crippen LogP contribution < -0.4 is 11.1 Å². The van der Waals surface area contributed by atoms with E-state index >= 15 is 0 Å². The van der Waals surface area contributed by atoms with Gasteiger partial charge in [0.2, 0.25) is 0 Å². The van der Waals surface area contributed by atoms with Crippen LogP contribution >= 0.6 is 7.55 Å². The van der Waals surface area contributed by atoms with Crippen molar-refractivity contribution in [1.29, 1.82) is 0 Å². The quantitative estimate of drug-likeness (QED) is 0.542. The number of amides is 2. The van der Waals surface area contributed by atoms with E-state index in [-0.39, 0.29) is 6.04 Å². The summed E-state index contributed by atoms with van der Waals surface area (Å²) in [5.41, 5.74) is 5.05. The third kappa shape index (κ3) is 7.31. The van der Waals surface area contributed by atoms with Crippen molar-refractivity contribution in [1.82, 2.24) is 10.2 Å². The van der Waals surface area contributed by atoms with Crippen molar-refractivity contribution in [3.8, 4) is 0 Å². The summed E-state index contributed by atoms with van der Waals surface area (Å²) in [6.07, 6.45) is 3.96. The van der Waals surface area contributed by atoms with Gasteiger partial charge in [0.15, 0.2) is 0 Å². The molecule has 6 heteroatoms. The Bertz CT molecular complexity index is 217. The van der Waals surface area contributed by atoms with E-state index in [4.69, 9.17) is 5.73 Å². The first kappa shape index (κ1) is 14.4. The molecule has 0 aromatic heterocycles. The maximum atomic E-state index is 10.8. The topological polar surface area (TPSA) is 78.6 Å². The minimum atomic E-state index is -0.612. The number of hydrogen-bond acceptors (Lipinski definition) is 3. The molecule has 0 radical (unpaired) electrons. The summed E-state index contributed by atoms with van der Waals surface area (Å²) in [4.78, 5) is 12.6. The van der Waals surface area contributed by atoms with E-state index in [0.29, 0.717) is 12.7 Å². The van der Waals surface area contributed by atoms with Crippen molar-refractivity contribution in [3.05, 3.63) is 0 Å². The number of likely N-dealkylation sites (N-methyl/N-ethyl adjacent to an activating group) is 1. The monoisotopic (exact) mass is 234 g/mol. The van der Waals surface area contributed by atoms with Gasteiger partial charge in [0.1, 0.15) is 6.16 Å². The van der Waals surface area contributed by atoms with Gasteiger partial charge < -0.3 is 21.1 Å². The van der Waals surface area contributed by atoms with Crippen LogP contribution in [-0.2, 0) is 0 Å². The number of carbonyl (C=O) groups is 1. The van der Waals surface area contributed by atoms with E-state index in [1.165, 1.54) is 0 Å².